The third-order valence-corrected chi connectivity index (χ3v) is 5.97. The van der Waals surface area contributed by atoms with Crippen molar-refractivity contribution in [2.24, 2.45) is 0 Å². The quantitative estimate of drug-likeness (QED) is 0.539. The van der Waals surface area contributed by atoms with Crippen LogP contribution in [0.1, 0.15) is 33.8 Å². The Morgan fingerprint density at radius 3 is 2.36 bits per heavy atom. The number of rotatable bonds is 7. The van der Waals surface area contributed by atoms with E-state index < -0.39 is 6.04 Å². The van der Waals surface area contributed by atoms with Crippen LogP contribution in [0.5, 0.6) is 0 Å². The van der Waals surface area contributed by atoms with E-state index in [4.69, 9.17) is 0 Å². The average molecular weight is 457 g/mol. The summed E-state index contributed by atoms with van der Waals surface area (Å²) in [5, 5.41) is 7.76. The van der Waals surface area contributed by atoms with Crippen molar-refractivity contribution in [1.29, 1.82) is 0 Å². The fraction of sp³-hybridized carbons (Fsp3) is 0.182. The number of nitrogens with one attached hydrogen (secondary N) is 2. The summed E-state index contributed by atoms with van der Waals surface area (Å²) >= 11 is 4.88. The summed E-state index contributed by atoms with van der Waals surface area (Å²) in [5.74, 6) is -0.448. The SMILES string of the molecule is CC(NC(=O)C(Cc1ccccc1)NC(=O)c1cccs1)c1ccccc1Br. The minimum absolute atomic E-state index is 0.194. The first kappa shape index (κ1) is 20.3. The van der Waals surface area contributed by atoms with Gasteiger partial charge in [-0.25, -0.2) is 0 Å². The first-order chi connectivity index (χ1) is 13.5. The smallest absolute Gasteiger partial charge is 0.262 e. The second-order valence-corrected chi connectivity index (χ2v) is 8.25. The van der Waals surface area contributed by atoms with Gasteiger partial charge in [0.25, 0.3) is 5.91 Å². The number of thiophene rings is 1. The molecule has 0 radical (unpaired) electrons. The van der Waals surface area contributed by atoms with Gasteiger partial charge in [0.15, 0.2) is 0 Å². The van der Waals surface area contributed by atoms with Gasteiger partial charge in [-0.15, -0.1) is 11.3 Å². The molecule has 6 heteroatoms. The molecule has 1 heterocycles. The summed E-state index contributed by atoms with van der Waals surface area (Å²) < 4.78 is 0.935. The Kier molecular flexibility index (Phi) is 7.01. The van der Waals surface area contributed by atoms with Crippen molar-refractivity contribution in [1.82, 2.24) is 10.6 Å². The highest BCUT2D eigenvalue weighted by Gasteiger charge is 2.24. The normalized spacial score (nSPS) is 12.8. The molecule has 0 spiro atoms. The second kappa shape index (κ2) is 9.66. The van der Waals surface area contributed by atoms with Crippen LogP contribution in [0, 0.1) is 0 Å². The lowest BCUT2D eigenvalue weighted by molar-refractivity contribution is -0.123. The average Bonchev–Trinajstić information content (AvgIpc) is 3.23. The monoisotopic (exact) mass is 456 g/mol. The van der Waals surface area contributed by atoms with Gasteiger partial charge in [-0.1, -0.05) is 70.5 Å². The third-order valence-electron chi connectivity index (χ3n) is 4.38. The molecule has 144 valence electrons. The Morgan fingerprint density at radius 1 is 0.964 bits per heavy atom. The number of carbonyl (C=O) groups is 2. The van der Waals surface area contributed by atoms with Gasteiger partial charge in [-0.3, -0.25) is 9.59 Å². The minimum Gasteiger partial charge on any atom is -0.348 e. The molecule has 0 aliphatic carbocycles. The van der Waals surface area contributed by atoms with Crippen molar-refractivity contribution in [2.75, 3.05) is 0 Å². The van der Waals surface area contributed by atoms with E-state index in [-0.39, 0.29) is 17.9 Å². The zero-order valence-electron chi connectivity index (χ0n) is 15.4. The highest BCUT2D eigenvalue weighted by Crippen LogP contribution is 2.23. The maximum Gasteiger partial charge on any atom is 0.262 e. The molecule has 0 aliphatic rings. The molecule has 2 N–H and O–H groups in total. The lowest BCUT2D eigenvalue weighted by Gasteiger charge is -2.22. The fourth-order valence-electron chi connectivity index (χ4n) is 2.91. The van der Waals surface area contributed by atoms with Crippen LogP contribution in [0.15, 0.2) is 76.6 Å². The lowest BCUT2D eigenvalue weighted by atomic mass is 10.0. The van der Waals surface area contributed by atoms with Gasteiger partial charge in [0.2, 0.25) is 5.91 Å². The molecular formula is C22H21BrN2O2S. The first-order valence-electron chi connectivity index (χ1n) is 8.97. The van der Waals surface area contributed by atoms with E-state index >= 15 is 0 Å². The molecule has 3 rings (SSSR count). The third kappa shape index (κ3) is 5.30. The first-order valence-corrected chi connectivity index (χ1v) is 10.6. The topological polar surface area (TPSA) is 58.2 Å². The number of hydrogen-bond acceptors (Lipinski definition) is 3. The van der Waals surface area contributed by atoms with E-state index in [1.165, 1.54) is 11.3 Å². The second-order valence-electron chi connectivity index (χ2n) is 6.44. The Hall–Kier alpha value is -2.44. The molecule has 0 fully saturated rings. The van der Waals surface area contributed by atoms with Crippen molar-refractivity contribution >= 4 is 39.1 Å². The Balaban J connectivity index is 1.75. The Bertz CT molecular complexity index is 929. The Labute approximate surface area is 177 Å². The van der Waals surface area contributed by atoms with Crippen LogP contribution in [0.4, 0.5) is 0 Å². The zero-order valence-corrected chi connectivity index (χ0v) is 17.8. The van der Waals surface area contributed by atoms with Crippen LogP contribution in [0.2, 0.25) is 0 Å². The zero-order chi connectivity index (χ0) is 19.9. The predicted molar refractivity (Wildman–Crippen MR) is 116 cm³/mol. The number of hydrogen-bond donors (Lipinski definition) is 2. The van der Waals surface area contributed by atoms with E-state index in [0.717, 1.165) is 15.6 Å². The molecule has 0 saturated heterocycles. The number of halogens is 1. The van der Waals surface area contributed by atoms with Crippen LogP contribution >= 0.6 is 27.3 Å². The lowest BCUT2D eigenvalue weighted by Crippen LogP contribution is -2.48. The van der Waals surface area contributed by atoms with Crippen molar-refractivity contribution < 1.29 is 9.59 Å². The van der Waals surface area contributed by atoms with E-state index in [1.54, 1.807) is 6.07 Å². The predicted octanol–water partition coefficient (Wildman–Crippen LogP) is 4.73. The standard InChI is InChI=1S/C22H21BrN2O2S/c1-15(17-10-5-6-11-18(17)23)24-21(26)19(14-16-8-3-2-4-9-16)25-22(27)20-12-7-13-28-20/h2-13,15,19H,14H2,1H3,(H,24,26)(H,25,27). The summed E-state index contributed by atoms with van der Waals surface area (Å²) in [6.45, 7) is 1.93. The van der Waals surface area contributed by atoms with Gasteiger partial charge in [0, 0.05) is 10.9 Å². The van der Waals surface area contributed by atoms with Crippen molar-refractivity contribution in [3.05, 3.63) is 92.6 Å². The molecule has 3 aromatic rings. The molecule has 1 aromatic heterocycles. The van der Waals surface area contributed by atoms with E-state index in [0.29, 0.717) is 11.3 Å². The molecule has 0 bridgehead atoms. The summed E-state index contributed by atoms with van der Waals surface area (Å²) in [5.41, 5.74) is 1.97. The molecule has 4 nitrogen and oxygen atoms in total. The molecule has 2 unspecified atom stereocenters. The maximum atomic E-state index is 13.0. The van der Waals surface area contributed by atoms with Crippen LogP contribution in [-0.2, 0) is 11.2 Å². The van der Waals surface area contributed by atoms with Crippen molar-refractivity contribution in [2.45, 2.75) is 25.4 Å². The van der Waals surface area contributed by atoms with E-state index in [9.17, 15) is 9.59 Å². The molecule has 0 saturated carbocycles. The van der Waals surface area contributed by atoms with Gasteiger partial charge >= 0.3 is 0 Å². The minimum atomic E-state index is -0.665. The van der Waals surface area contributed by atoms with Gasteiger partial charge in [0.1, 0.15) is 6.04 Å². The van der Waals surface area contributed by atoms with Gasteiger partial charge in [-0.05, 0) is 35.6 Å². The summed E-state index contributed by atoms with van der Waals surface area (Å²) in [7, 11) is 0. The molecular weight excluding hydrogens is 436 g/mol. The van der Waals surface area contributed by atoms with Crippen LogP contribution < -0.4 is 10.6 Å². The van der Waals surface area contributed by atoms with Crippen LogP contribution in [0.25, 0.3) is 0 Å². The highest BCUT2D eigenvalue weighted by atomic mass is 79.9. The molecule has 2 amide bonds. The van der Waals surface area contributed by atoms with E-state index in [2.05, 4.69) is 26.6 Å². The highest BCUT2D eigenvalue weighted by molar-refractivity contribution is 9.10. The molecule has 0 aliphatic heterocycles. The molecule has 2 aromatic carbocycles. The Morgan fingerprint density at radius 2 is 1.68 bits per heavy atom. The van der Waals surface area contributed by atoms with E-state index in [1.807, 2.05) is 73.0 Å². The number of benzene rings is 2. The van der Waals surface area contributed by atoms with Gasteiger partial charge in [0.05, 0.1) is 10.9 Å². The summed E-state index contributed by atoms with van der Waals surface area (Å²) in [6.07, 6.45) is 0.423. The maximum absolute atomic E-state index is 13.0. The molecule has 2 atom stereocenters. The summed E-state index contributed by atoms with van der Waals surface area (Å²) in [4.78, 5) is 26.1. The summed E-state index contributed by atoms with van der Waals surface area (Å²) in [6, 6.07) is 20.2. The van der Waals surface area contributed by atoms with Gasteiger partial charge in [-0.2, -0.15) is 0 Å². The molecule has 28 heavy (non-hydrogen) atoms. The fourth-order valence-corrected chi connectivity index (χ4v) is 4.17. The largest absolute Gasteiger partial charge is 0.348 e. The van der Waals surface area contributed by atoms with Gasteiger partial charge < -0.3 is 10.6 Å². The van der Waals surface area contributed by atoms with Crippen molar-refractivity contribution in [3.8, 4) is 0 Å². The van der Waals surface area contributed by atoms with Crippen LogP contribution in [-0.4, -0.2) is 17.9 Å². The number of amides is 2. The van der Waals surface area contributed by atoms with Crippen molar-refractivity contribution in [3.63, 3.8) is 0 Å². The van der Waals surface area contributed by atoms with Crippen LogP contribution in [0.3, 0.4) is 0 Å². The number of carbonyl (C=O) groups excluding carboxylic acids is 2.